The maximum atomic E-state index is 11.3. The Morgan fingerprint density at radius 1 is 1.06 bits per heavy atom. The molecule has 1 atom stereocenters. The van der Waals surface area contributed by atoms with Crippen LogP contribution in [0.5, 0.6) is 0 Å². The Kier molecular flexibility index (Phi) is 7.67. The summed E-state index contributed by atoms with van der Waals surface area (Å²) in [4.78, 5) is 18.1. The lowest BCUT2D eigenvalue weighted by atomic mass is 9.97. The van der Waals surface area contributed by atoms with Gasteiger partial charge in [-0.1, -0.05) is 69.0 Å². The SMILES string of the molecule is CCCCCCc1ccc2nc(N(C)CC(C)C(=O)O)cc(-c3ccc(C)cc3)c2c1. The van der Waals surface area contributed by atoms with Crippen LogP contribution < -0.4 is 4.90 Å². The summed E-state index contributed by atoms with van der Waals surface area (Å²) in [6.45, 7) is 6.47. The first kappa shape index (κ1) is 22.8. The van der Waals surface area contributed by atoms with Crippen molar-refractivity contribution in [3.05, 3.63) is 59.7 Å². The summed E-state index contributed by atoms with van der Waals surface area (Å²) in [6, 6.07) is 17.3. The molecule has 0 amide bonds. The van der Waals surface area contributed by atoms with Crippen molar-refractivity contribution in [1.29, 1.82) is 0 Å². The smallest absolute Gasteiger partial charge is 0.308 e. The average Bonchev–Trinajstić information content (AvgIpc) is 2.76. The highest BCUT2D eigenvalue weighted by atomic mass is 16.4. The number of rotatable bonds is 10. The van der Waals surface area contributed by atoms with Crippen LogP contribution in [0.15, 0.2) is 48.5 Å². The van der Waals surface area contributed by atoms with Gasteiger partial charge in [-0.2, -0.15) is 0 Å². The number of aryl methyl sites for hydroxylation is 2. The van der Waals surface area contributed by atoms with E-state index in [9.17, 15) is 9.90 Å². The number of aromatic nitrogens is 1. The summed E-state index contributed by atoms with van der Waals surface area (Å²) in [6.07, 6.45) is 6.09. The number of pyridine rings is 1. The summed E-state index contributed by atoms with van der Waals surface area (Å²) in [7, 11) is 1.91. The van der Waals surface area contributed by atoms with Crippen LogP contribution in [0.25, 0.3) is 22.0 Å². The lowest BCUT2D eigenvalue weighted by Gasteiger charge is -2.22. The second-order valence-corrected chi connectivity index (χ2v) is 8.68. The van der Waals surface area contributed by atoms with E-state index >= 15 is 0 Å². The fourth-order valence-corrected chi connectivity index (χ4v) is 3.92. The van der Waals surface area contributed by atoms with E-state index in [4.69, 9.17) is 4.98 Å². The van der Waals surface area contributed by atoms with Crippen LogP contribution in [0.4, 0.5) is 5.82 Å². The molecule has 1 heterocycles. The standard InChI is InChI=1S/C27H34N2O2/c1-5-6-7-8-9-21-12-15-25-24(16-21)23(22-13-10-19(2)11-14-22)17-26(28-25)29(4)18-20(3)27(30)31/h10-17,20H,5-9,18H2,1-4H3,(H,30,31). The molecule has 4 heteroatoms. The number of fused-ring (bicyclic) bond motifs is 1. The van der Waals surface area contributed by atoms with Crippen LogP contribution in [0.3, 0.4) is 0 Å². The van der Waals surface area contributed by atoms with E-state index in [1.807, 2.05) is 11.9 Å². The minimum Gasteiger partial charge on any atom is -0.481 e. The van der Waals surface area contributed by atoms with Crippen LogP contribution in [0.1, 0.15) is 50.7 Å². The highest BCUT2D eigenvalue weighted by Gasteiger charge is 2.17. The van der Waals surface area contributed by atoms with Crippen molar-refractivity contribution in [3.63, 3.8) is 0 Å². The predicted molar refractivity (Wildman–Crippen MR) is 130 cm³/mol. The molecule has 31 heavy (non-hydrogen) atoms. The van der Waals surface area contributed by atoms with Gasteiger partial charge in [-0.05, 0) is 54.7 Å². The molecule has 0 saturated carbocycles. The maximum Gasteiger partial charge on any atom is 0.308 e. The molecule has 4 nitrogen and oxygen atoms in total. The van der Waals surface area contributed by atoms with E-state index in [2.05, 4.69) is 62.4 Å². The van der Waals surface area contributed by atoms with Crippen molar-refractivity contribution >= 4 is 22.7 Å². The average molecular weight is 419 g/mol. The molecule has 3 rings (SSSR count). The van der Waals surface area contributed by atoms with E-state index in [-0.39, 0.29) is 0 Å². The van der Waals surface area contributed by atoms with E-state index in [1.54, 1.807) is 6.92 Å². The van der Waals surface area contributed by atoms with Gasteiger partial charge in [0.15, 0.2) is 0 Å². The van der Waals surface area contributed by atoms with Gasteiger partial charge in [-0.15, -0.1) is 0 Å². The molecule has 0 radical (unpaired) electrons. The van der Waals surface area contributed by atoms with Crippen molar-refractivity contribution in [2.45, 2.75) is 52.9 Å². The van der Waals surface area contributed by atoms with Gasteiger partial charge in [0.25, 0.3) is 0 Å². The van der Waals surface area contributed by atoms with Gasteiger partial charge in [0.05, 0.1) is 11.4 Å². The minimum absolute atomic E-state index is 0.413. The maximum absolute atomic E-state index is 11.3. The van der Waals surface area contributed by atoms with E-state index in [1.165, 1.54) is 36.8 Å². The number of benzene rings is 2. The molecule has 1 aromatic heterocycles. The number of carboxylic acids is 1. The molecule has 164 valence electrons. The zero-order valence-electron chi connectivity index (χ0n) is 19.2. The molecule has 0 aliphatic carbocycles. The van der Waals surface area contributed by atoms with Gasteiger partial charge >= 0.3 is 5.97 Å². The predicted octanol–water partition coefficient (Wildman–Crippen LogP) is 6.49. The molecule has 0 fully saturated rings. The number of carboxylic acid groups (broad SMARTS) is 1. The number of hydrogen-bond donors (Lipinski definition) is 1. The fourth-order valence-electron chi connectivity index (χ4n) is 3.92. The molecule has 1 N–H and O–H groups in total. The number of nitrogens with zero attached hydrogens (tertiary/aromatic N) is 2. The first-order valence-electron chi connectivity index (χ1n) is 11.3. The Labute approximate surface area is 185 Å². The number of hydrogen-bond acceptors (Lipinski definition) is 3. The van der Waals surface area contributed by atoms with Crippen LogP contribution in [0, 0.1) is 12.8 Å². The van der Waals surface area contributed by atoms with Crippen molar-refractivity contribution in [1.82, 2.24) is 4.98 Å². The minimum atomic E-state index is -0.792. The number of carbonyl (C=O) groups is 1. The molecular formula is C27H34N2O2. The van der Waals surface area contributed by atoms with Crippen LogP contribution in [-0.4, -0.2) is 29.7 Å². The number of aliphatic carboxylic acids is 1. The second-order valence-electron chi connectivity index (χ2n) is 8.68. The lowest BCUT2D eigenvalue weighted by molar-refractivity contribution is -0.140. The Bertz CT molecular complexity index is 1030. The molecule has 0 aliphatic rings. The lowest BCUT2D eigenvalue weighted by Crippen LogP contribution is -2.29. The molecule has 1 unspecified atom stereocenters. The van der Waals surface area contributed by atoms with Crippen molar-refractivity contribution < 1.29 is 9.90 Å². The monoisotopic (exact) mass is 418 g/mol. The quantitative estimate of drug-likeness (QED) is 0.382. The second kappa shape index (κ2) is 10.4. The first-order valence-corrected chi connectivity index (χ1v) is 11.3. The summed E-state index contributed by atoms with van der Waals surface area (Å²) in [5.41, 5.74) is 5.82. The zero-order valence-corrected chi connectivity index (χ0v) is 19.2. The molecule has 0 bridgehead atoms. The normalized spacial score (nSPS) is 12.1. The molecule has 2 aromatic carbocycles. The number of unbranched alkanes of at least 4 members (excludes halogenated alkanes) is 3. The van der Waals surface area contributed by atoms with Gasteiger partial charge < -0.3 is 10.0 Å². The Hall–Kier alpha value is -2.88. The largest absolute Gasteiger partial charge is 0.481 e. The summed E-state index contributed by atoms with van der Waals surface area (Å²) < 4.78 is 0. The molecule has 0 saturated heterocycles. The van der Waals surface area contributed by atoms with Gasteiger partial charge in [-0.25, -0.2) is 4.98 Å². The highest BCUT2D eigenvalue weighted by Crippen LogP contribution is 2.32. The van der Waals surface area contributed by atoms with Gasteiger partial charge in [-0.3, -0.25) is 4.79 Å². The Balaban J connectivity index is 2.02. The zero-order chi connectivity index (χ0) is 22.4. The van der Waals surface area contributed by atoms with Crippen LogP contribution >= 0.6 is 0 Å². The van der Waals surface area contributed by atoms with Crippen molar-refractivity contribution in [2.75, 3.05) is 18.5 Å². The summed E-state index contributed by atoms with van der Waals surface area (Å²) in [5.74, 6) is -0.457. The summed E-state index contributed by atoms with van der Waals surface area (Å²) in [5, 5.41) is 10.4. The third-order valence-corrected chi connectivity index (χ3v) is 5.90. The Morgan fingerprint density at radius 3 is 2.48 bits per heavy atom. The Morgan fingerprint density at radius 2 is 1.81 bits per heavy atom. The van der Waals surface area contributed by atoms with E-state index in [0.29, 0.717) is 6.54 Å². The molecule has 0 spiro atoms. The third-order valence-electron chi connectivity index (χ3n) is 5.90. The van der Waals surface area contributed by atoms with Crippen molar-refractivity contribution in [2.24, 2.45) is 5.92 Å². The van der Waals surface area contributed by atoms with Crippen molar-refractivity contribution in [3.8, 4) is 11.1 Å². The molecule has 3 aromatic rings. The first-order chi connectivity index (χ1) is 14.9. The molecule has 0 aliphatic heterocycles. The van der Waals surface area contributed by atoms with Gasteiger partial charge in [0.1, 0.15) is 5.82 Å². The summed E-state index contributed by atoms with van der Waals surface area (Å²) >= 11 is 0. The van der Waals surface area contributed by atoms with Gasteiger partial charge in [0, 0.05) is 19.0 Å². The van der Waals surface area contributed by atoms with Crippen LogP contribution in [-0.2, 0) is 11.2 Å². The van der Waals surface area contributed by atoms with Crippen LogP contribution in [0.2, 0.25) is 0 Å². The third kappa shape index (κ3) is 5.84. The number of anilines is 1. The topological polar surface area (TPSA) is 53.4 Å². The van der Waals surface area contributed by atoms with Gasteiger partial charge in [0.2, 0.25) is 0 Å². The molecular weight excluding hydrogens is 384 g/mol. The highest BCUT2D eigenvalue weighted by molar-refractivity contribution is 5.96. The fraction of sp³-hybridized carbons (Fsp3) is 0.407. The van der Waals surface area contributed by atoms with E-state index < -0.39 is 11.9 Å². The van der Waals surface area contributed by atoms with E-state index in [0.717, 1.165) is 34.3 Å².